The Hall–Kier alpha value is -4.37. The minimum absolute atomic E-state index is 0.208. The molecule has 1 atom stereocenters. The van der Waals surface area contributed by atoms with Crippen LogP contribution in [0.25, 0.3) is 0 Å². The van der Waals surface area contributed by atoms with Crippen molar-refractivity contribution >= 4 is 23.4 Å². The molecule has 3 rings (SSSR count). The van der Waals surface area contributed by atoms with Crippen molar-refractivity contribution in [1.29, 1.82) is 0 Å². The molecule has 0 aliphatic carbocycles. The van der Waals surface area contributed by atoms with Gasteiger partial charge < -0.3 is 20.1 Å². The maximum absolute atomic E-state index is 13.1. The van der Waals surface area contributed by atoms with Crippen molar-refractivity contribution in [3.05, 3.63) is 90.0 Å². The highest BCUT2D eigenvalue weighted by Crippen LogP contribution is 2.17. The molecule has 37 heavy (non-hydrogen) atoms. The zero-order valence-electron chi connectivity index (χ0n) is 20.6. The summed E-state index contributed by atoms with van der Waals surface area (Å²) in [6, 6.07) is 22.9. The predicted octanol–water partition coefficient (Wildman–Crippen LogP) is 3.27. The Labute approximate surface area is 215 Å². The number of nitrogens with one attached hydrogen (secondary N) is 3. The van der Waals surface area contributed by atoms with Crippen LogP contribution in [0.3, 0.4) is 0 Å². The number of methoxy groups -OCH3 is 1. The molecular formula is C28H31N3O6. The maximum Gasteiger partial charge on any atom is 0.281 e. The van der Waals surface area contributed by atoms with Gasteiger partial charge in [0.15, 0.2) is 6.61 Å². The summed E-state index contributed by atoms with van der Waals surface area (Å²) < 4.78 is 10.4. The highest BCUT2D eigenvalue weighted by molar-refractivity contribution is 5.97. The Morgan fingerprint density at radius 1 is 0.838 bits per heavy atom. The number of carbonyl (C=O) groups excluding carboxylic acids is 3. The molecule has 0 fully saturated rings. The first-order valence-corrected chi connectivity index (χ1v) is 11.9. The number of hydroxylamine groups is 1. The van der Waals surface area contributed by atoms with Crippen LogP contribution >= 0.6 is 0 Å². The average molecular weight is 506 g/mol. The lowest BCUT2D eigenvalue weighted by Crippen LogP contribution is -2.45. The van der Waals surface area contributed by atoms with Gasteiger partial charge in [-0.1, -0.05) is 42.5 Å². The Bertz CT molecular complexity index is 1150. The first-order chi connectivity index (χ1) is 18.0. The fourth-order valence-corrected chi connectivity index (χ4v) is 3.62. The summed E-state index contributed by atoms with van der Waals surface area (Å²) in [5, 5.41) is 14.3. The van der Waals surface area contributed by atoms with Gasteiger partial charge in [0.25, 0.3) is 5.91 Å². The minimum atomic E-state index is -0.807. The molecule has 0 unspecified atom stereocenters. The molecule has 0 bridgehead atoms. The molecule has 0 aliphatic heterocycles. The Kier molecular flexibility index (Phi) is 10.5. The van der Waals surface area contributed by atoms with E-state index in [1.54, 1.807) is 55.6 Å². The smallest absolute Gasteiger partial charge is 0.281 e. The fourth-order valence-electron chi connectivity index (χ4n) is 3.62. The molecule has 0 radical (unpaired) electrons. The van der Waals surface area contributed by atoms with Crippen LogP contribution in [0.4, 0.5) is 5.69 Å². The van der Waals surface area contributed by atoms with E-state index in [1.165, 1.54) is 5.48 Å². The fraction of sp³-hybridized carbons (Fsp3) is 0.250. The Balaban J connectivity index is 1.63. The molecule has 3 aromatic rings. The number of carbonyl (C=O) groups is 3. The average Bonchev–Trinajstić information content (AvgIpc) is 2.93. The second kappa shape index (κ2) is 14.3. The van der Waals surface area contributed by atoms with Gasteiger partial charge in [-0.05, 0) is 60.4 Å². The van der Waals surface area contributed by atoms with Crippen LogP contribution in [-0.4, -0.2) is 42.7 Å². The number of hydrogen-bond acceptors (Lipinski definition) is 6. The van der Waals surface area contributed by atoms with Crippen LogP contribution in [0, 0.1) is 0 Å². The maximum atomic E-state index is 13.1. The molecule has 9 heteroatoms. The molecule has 0 aliphatic rings. The summed E-state index contributed by atoms with van der Waals surface area (Å²) in [7, 11) is 1.56. The lowest BCUT2D eigenvalue weighted by Gasteiger charge is -2.19. The highest BCUT2D eigenvalue weighted by Gasteiger charge is 2.21. The normalized spacial score (nSPS) is 11.2. The third-order valence-corrected chi connectivity index (χ3v) is 5.58. The number of ether oxygens (including phenoxy) is 2. The van der Waals surface area contributed by atoms with E-state index in [1.807, 2.05) is 30.3 Å². The van der Waals surface area contributed by atoms with Crippen LogP contribution in [0.2, 0.25) is 0 Å². The van der Waals surface area contributed by atoms with E-state index in [-0.39, 0.29) is 24.8 Å². The van der Waals surface area contributed by atoms with Crippen LogP contribution in [-0.2, 0) is 27.2 Å². The number of anilines is 1. The summed E-state index contributed by atoms with van der Waals surface area (Å²) in [6.45, 7) is -0.332. The van der Waals surface area contributed by atoms with Gasteiger partial charge in [-0.2, -0.15) is 0 Å². The number of rotatable bonds is 13. The molecule has 4 N–H and O–H groups in total. The molecule has 0 spiro atoms. The van der Waals surface area contributed by atoms with Gasteiger partial charge in [0.1, 0.15) is 17.5 Å². The Morgan fingerprint density at radius 3 is 2.16 bits per heavy atom. The van der Waals surface area contributed by atoms with E-state index in [4.69, 9.17) is 14.7 Å². The van der Waals surface area contributed by atoms with Crippen molar-refractivity contribution in [2.75, 3.05) is 19.0 Å². The molecule has 9 nitrogen and oxygen atoms in total. The third-order valence-electron chi connectivity index (χ3n) is 5.58. The topological polar surface area (TPSA) is 126 Å². The van der Waals surface area contributed by atoms with Crippen molar-refractivity contribution in [3.8, 4) is 11.5 Å². The van der Waals surface area contributed by atoms with Crippen LogP contribution in [0.1, 0.15) is 24.0 Å². The first-order valence-electron chi connectivity index (χ1n) is 11.9. The van der Waals surface area contributed by atoms with E-state index in [2.05, 4.69) is 10.6 Å². The molecule has 3 aromatic carbocycles. The van der Waals surface area contributed by atoms with Crippen molar-refractivity contribution in [2.24, 2.45) is 0 Å². The molecule has 3 amide bonds. The molecule has 194 valence electrons. The first kappa shape index (κ1) is 27.2. The lowest BCUT2D eigenvalue weighted by molar-refractivity contribution is -0.131. The summed E-state index contributed by atoms with van der Waals surface area (Å²) >= 11 is 0. The second-order valence-corrected chi connectivity index (χ2v) is 8.35. The quantitative estimate of drug-likeness (QED) is 0.209. The summed E-state index contributed by atoms with van der Waals surface area (Å²) in [5.41, 5.74) is 4.03. The van der Waals surface area contributed by atoms with E-state index >= 15 is 0 Å². The highest BCUT2D eigenvalue weighted by atomic mass is 16.5. The number of benzene rings is 3. The number of amides is 3. The van der Waals surface area contributed by atoms with Gasteiger partial charge in [0.2, 0.25) is 11.8 Å². The van der Waals surface area contributed by atoms with Crippen molar-refractivity contribution in [2.45, 2.75) is 31.7 Å². The van der Waals surface area contributed by atoms with Gasteiger partial charge >= 0.3 is 0 Å². The van der Waals surface area contributed by atoms with Gasteiger partial charge in [0.05, 0.1) is 7.11 Å². The minimum Gasteiger partial charge on any atom is -0.497 e. The standard InChI is InChI=1S/C28H31N3O6/c1-36-23-16-12-22(13-17-23)29-28(34)25(30-26(32)9-5-8-20-6-3-2-4-7-20)18-21-10-14-24(15-11-21)37-19-27(33)31-35/h2-4,6-7,10-17,25,35H,5,8-9,18-19H2,1H3,(H,29,34)(H,30,32)(H,31,33)/t25-/m0/s1. The van der Waals surface area contributed by atoms with Gasteiger partial charge in [0, 0.05) is 18.5 Å². The monoisotopic (exact) mass is 505 g/mol. The SMILES string of the molecule is COc1ccc(NC(=O)[C@H](Cc2ccc(OCC(=O)NO)cc2)NC(=O)CCCc2ccccc2)cc1. The van der Waals surface area contributed by atoms with E-state index in [0.717, 1.165) is 17.5 Å². The van der Waals surface area contributed by atoms with Gasteiger partial charge in [-0.15, -0.1) is 0 Å². The van der Waals surface area contributed by atoms with Crippen LogP contribution in [0.15, 0.2) is 78.9 Å². The molecule has 0 aromatic heterocycles. The second-order valence-electron chi connectivity index (χ2n) is 8.35. The van der Waals surface area contributed by atoms with Crippen LogP contribution in [0.5, 0.6) is 11.5 Å². The van der Waals surface area contributed by atoms with Crippen LogP contribution < -0.4 is 25.6 Å². The predicted molar refractivity (Wildman–Crippen MR) is 139 cm³/mol. The van der Waals surface area contributed by atoms with Crippen molar-refractivity contribution in [1.82, 2.24) is 10.8 Å². The zero-order valence-corrected chi connectivity index (χ0v) is 20.6. The summed E-state index contributed by atoms with van der Waals surface area (Å²) in [5.74, 6) is -0.131. The number of aryl methyl sites for hydroxylation is 1. The lowest BCUT2D eigenvalue weighted by atomic mass is 10.0. The van der Waals surface area contributed by atoms with E-state index in [0.29, 0.717) is 30.0 Å². The van der Waals surface area contributed by atoms with Crippen molar-refractivity contribution < 1.29 is 29.1 Å². The summed E-state index contributed by atoms with van der Waals surface area (Å²) in [6.07, 6.45) is 1.98. The third kappa shape index (κ3) is 9.30. The van der Waals surface area contributed by atoms with Crippen molar-refractivity contribution in [3.63, 3.8) is 0 Å². The molecule has 0 heterocycles. The molecule has 0 saturated carbocycles. The largest absolute Gasteiger partial charge is 0.497 e. The van der Waals surface area contributed by atoms with E-state index < -0.39 is 11.9 Å². The van der Waals surface area contributed by atoms with Gasteiger partial charge in [-0.25, -0.2) is 5.48 Å². The number of hydrogen-bond donors (Lipinski definition) is 4. The molecular weight excluding hydrogens is 474 g/mol. The molecule has 0 saturated heterocycles. The summed E-state index contributed by atoms with van der Waals surface area (Å²) in [4.78, 5) is 37.0. The zero-order chi connectivity index (χ0) is 26.5. The van der Waals surface area contributed by atoms with E-state index in [9.17, 15) is 14.4 Å². The van der Waals surface area contributed by atoms with Gasteiger partial charge in [-0.3, -0.25) is 19.6 Å². The Morgan fingerprint density at radius 2 is 1.51 bits per heavy atom.